The van der Waals surface area contributed by atoms with Gasteiger partial charge in [0.1, 0.15) is 0 Å². The van der Waals surface area contributed by atoms with Crippen LogP contribution >= 0.6 is 0 Å². The molecular formula is C11H13N4NaO8S. The molecule has 2 amide bonds. The van der Waals surface area contributed by atoms with Crippen LogP contribution in [0.5, 0.6) is 0 Å². The topological polar surface area (TPSA) is 155 Å². The summed E-state index contributed by atoms with van der Waals surface area (Å²) in [5.74, 6) is -1.02. The van der Waals surface area contributed by atoms with Crippen LogP contribution in [0.2, 0.25) is 0 Å². The SMILES string of the molecule is CCOC(=O)c1nc([C@@H]2CC[C@@H]3CN2C(=O)N3OS(=O)(=O)[O-])no1.[Na+]. The first-order valence-corrected chi connectivity index (χ1v) is 8.39. The number of hydrogen-bond donors (Lipinski definition) is 0. The summed E-state index contributed by atoms with van der Waals surface area (Å²) in [6.07, 6.45) is 0.753. The Morgan fingerprint density at radius 1 is 1.44 bits per heavy atom. The number of amides is 2. The predicted molar refractivity (Wildman–Crippen MR) is 70.7 cm³/mol. The van der Waals surface area contributed by atoms with E-state index in [0.29, 0.717) is 17.9 Å². The molecule has 2 fully saturated rings. The number of aromatic nitrogens is 2. The molecule has 0 radical (unpaired) electrons. The largest absolute Gasteiger partial charge is 1.00 e. The molecule has 0 spiro atoms. The molecule has 0 aliphatic carbocycles. The minimum atomic E-state index is -5.06. The van der Waals surface area contributed by atoms with Crippen molar-refractivity contribution in [1.82, 2.24) is 20.1 Å². The maximum Gasteiger partial charge on any atom is 1.00 e. The van der Waals surface area contributed by atoms with Gasteiger partial charge in [-0.15, -0.1) is 0 Å². The van der Waals surface area contributed by atoms with E-state index >= 15 is 0 Å². The van der Waals surface area contributed by atoms with Crippen LogP contribution in [0.15, 0.2) is 4.52 Å². The van der Waals surface area contributed by atoms with Crippen LogP contribution in [0.25, 0.3) is 0 Å². The van der Waals surface area contributed by atoms with Crippen molar-refractivity contribution in [1.29, 1.82) is 0 Å². The summed E-state index contributed by atoms with van der Waals surface area (Å²) in [4.78, 5) is 29.0. The van der Waals surface area contributed by atoms with Gasteiger partial charge in [0.05, 0.1) is 18.7 Å². The first-order valence-electron chi connectivity index (χ1n) is 7.06. The second-order valence-corrected chi connectivity index (χ2v) is 6.13. The van der Waals surface area contributed by atoms with Gasteiger partial charge in [-0.1, -0.05) is 5.16 Å². The summed E-state index contributed by atoms with van der Waals surface area (Å²) in [5.41, 5.74) is 0. The summed E-state index contributed by atoms with van der Waals surface area (Å²) in [6, 6.07) is -1.97. The Morgan fingerprint density at radius 3 is 2.80 bits per heavy atom. The Bertz CT molecular complexity index is 768. The first kappa shape index (κ1) is 20.1. The van der Waals surface area contributed by atoms with Gasteiger partial charge >= 0.3 is 47.4 Å². The molecule has 2 aliphatic rings. The van der Waals surface area contributed by atoms with Gasteiger partial charge in [0.2, 0.25) is 10.4 Å². The molecule has 0 N–H and O–H groups in total. The molecule has 3 heterocycles. The van der Waals surface area contributed by atoms with E-state index in [9.17, 15) is 22.6 Å². The summed E-state index contributed by atoms with van der Waals surface area (Å²) < 4.78 is 46.0. The molecule has 1 aromatic rings. The summed E-state index contributed by atoms with van der Waals surface area (Å²) >= 11 is 0. The molecule has 3 rings (SSSR count). The van der Waals surface area contributed by atoms with E-state index in [1.54, 1.807) is 6.92 Å². The van der Waals surface area contributed by atoms with Crippen molar-refractivity contribution in [2.24, 2.45) is 0 Å². The Labute approximate surface area is 164 Å². The molecule has 25 heavy (non-hydrogen) atoms. The average Bonchev–Trinajstić information content (AvgIpc) is 3.08. The van der Waals surface area contributed by atoms with Crippen molar-refractivity contribution in [3.05, 3.63) is 11.7 Å². The van der Waals surface area contributed by atoms with E-state index in [0.717, 1.165) is 0 Å². The second kappa shape index (κ2) is 7.55. The minimum absolute atomic E-state index is 0. The number of nitrogens with zero attached hydrogens (tertiary/aromatic N) is 4. The Hall–Kier alpha value is -1.25. The van der Waals surface area contributed by atoms with Crippen LogP contribution in [0.1, 0.15) is 42.3 Å². The van der Waals surface area contributed by atoms with Crippen molar-refractivity contribution in [2.45, 2.75) is 31.8 Å². The number of ether oxygens (including phenoxy) is 1. The number of hydroxylamine groups is 2. The Kier molecular flexibility index (Phi) is 6.06. The van der Waals surface area contributed by atoms with E-state index in [1.165, 1.54) is 4.90 Å². The van der Waals surface area contributed by atoms with Gasteiger partial charge in [-0.3, -0.25) is 0 Å². The predicted octanol–water partition coefficient (Wildman–Crippen LogP) is -3.42. The van der Waals surface area contributed by atoms with Gasteiger partial charge in [-0.2, -0.15) is 14.3 Å². The number of hydrogen-bond acceptors (Lipinski definition) is 10. The molecule has 14 heteroatoms. The zero-order valence-corrected chi connectivity index (χ0v) is 16.3. The average molecular weight is 384 g/mol. The summed E-state index contributed by atoms with van der Waals surface area (Å²) in [6.45, 7) is 1.91. The molecular weight excluding hydrogens is 371 g/mol. The van der Waals surface area contributed by atoms with E-state index in [4.69, 9.17) is 9.26 Å². The zero-order chi connectivity index (χ0) is 17.5. The van der Waals surface area contributed by atoms with Crippen molar-refractivity contribution < 1.29 is 65.7 Å². The van der Waals surface area contributed by atoms with Crippen LogP contribution in [-0.2, 0) is 19.4 Å². The van der Waals surface area contributed by atoms with Crippen LogP contribution in [0.4, 0.5) is 4.79 Å². The second-order valence-electron chi connectivity index (χ2n) is 5.17. The molecule has 12 nitrogen and oxygen atoms in total. The molecule has 2 aliphatic heterocycles. The zero-order valence-electron chi connectivity index (χ0n) is 13.4. The van der Waals surface area contributed by atoms with Gasteiger partial charge in [-0.05, 0) is 19.8 Å². The van der Waals surface area contributed by atoms with Crippen LogP contribution in [0, 0.1) is 0 Å². The van der Waals surface area contributed by atoms with Gasteiger partial charge in [0.25, 0.3) is 0 Å². The fraction of sp³-hybridized carbons (Fsp3) is 0.636. The quantitative estimate of drug-likeness (QED) is 0.217. The molecule has 1 aromatic heterocycles. The molecule has 2 saturated heterocycles. The van der Waals surface area contributed by atoms with Crippen molar-refractivity contribution in [3.63, 3.8) is 0 Å². The fourth-order valence-electron chi connectivity index (χ4n) is 2.74. The van der Waals surface area contributed by atoms with Crippen LogP contribution < -0.4 is 29.6 Å². The molecule has 0 saturated carbocycles. The van der Waals surface area contributed by atoms with Gasteiger partial charge in [0, 0.05) is 6.54 Å². The van der Waals surface area contributed by atoms with Gasteiger partial charge in [-0.25, -0.2) is 18.0 Å². The number of fused-ring (bicyclic) bond motifs is 2. The van der Waals surface area contributed by atoms with Gasteiger partial charge in [0.15, 0.2) is 5.82 Å². The van der Waals surface area contributed by atoms with E-state index in [1.807, 2.05) is 0 Å². The van der Waals surface area contributed by atoms with Crippen LogP contribution in [-0.4, -0.2) is 64.3 Å². The fourth-order valence-corrected chi connectivity index (χ4v) is 3.12. The monoisotopic (exact) mass is 384 g/mol. The van der Waals surface area contributed by atoms with Crippen molar-refractivity contribution in [2.75, 3.05) is 13.2 Å². The van der Waals surface area contributed by atoms with Gasteiger partial charge < -0.3 is 18.7 Å². The van der Waals surface area contributed by atoms with Crippen LogP contribution in [0.3, 0.4) is 0 Å². The minimum Gasteiger partial charge on any atom is -0.724 e. The van der Waals surface area contributed by atoms with Crippen molar-refractivity contribution >= 4 is 22.4 Å². The number of urea groups is 1. The molecule has 2 atom stereocenters. The summed E-state index contributed by atoms with van der Waals surface area (Å²) in [5, 5.41) is 4.22. The third kappa shape index (κ3) is 4.12. The normalized spacial score (nSPS) is 22.7. The Balaban J connectivity index is 0.00000225. The number of piperidine rings is 1. The number of esters is 1. The smallest absolute Gasteiger partial charge is 0.724 e. The summed E-state index contributed by atoms with van der Waals surface area (Å²) in [7, 11) is -5.06. The number of rotatable bonds is 5. The molecule has 132 valence electrons. The third-order valence-electron chi connectivity index (χ3n) is 3.68. The maximum atomic E-state index is 12.2. The molecule has 0 unspecified atom stereocenters. The Morgan fingerprint density at radius 2 is 2.16 bits per heavy atom. The first-order chi connectivity index (χ1) is 11.3. The molecule has 2 bridgehead atoms. The number of carbonyl (C=O) groups excluding carboxylic acids is 2. The molecule has 0 aromatic carbocycles. The maximum absolute atomic E-state index is 12.2. The third-order valence-corrected chi connectivity index (χ3v) is 4.03. The van der Waals surface area contributed by atoms with E-state index < -0.39 is 34.5 Å². The van der Waals surface area contributed by atoms with E-state index in [-0.39, 0.29) is 54.4 Å². The van der Waals surface area contributed by atoms with E-state index in [2.05, 4.69) is 14.4 Å². The standard InChI is InChI=1S/C11H14N4O8S.Na/c1-2-21-10(16)9-12-8(13-22-9)7-4-3-6-5-14(7)11(17)15(6)23-24(18,19)20;/h6-7H,2-5H2,1H3,(H,18,19,20);/q;+1/p-1/t6-,7+;/m1./s1. The van der Waals surface area contributed by atoms with Crippen molar-refractivity contribution in [3.8, 4) is 0 Å². The number of carbonyl (C=O) groups is 2.